The summed E-state index contributed by atoms with van der Waals surface area (Å²) in [6.07, 6.45) is 0. The molecule has 4 rings (SSSR count). The number of hydrogen-bond donors (Lipinski definition) is 0. The fourth-order valence-corrected chi connectivity index (χ4v) is 5.12. The molecule has 2 saturated heterocycles. The summed E-state index contributed by atoms with van der Waals surface area (Å²) in [7, 11) is 1.69. The van der Waals surface area contributed by atoms with Gasteiger partial charge in [-0.15, -0.1) is 11.3 Å². The SMILES string of the molecule is COc1ccc(N2CCN(c3nc(C(=O)N4CCN(CC(C)C)CC4)cs3)CC2)cc1. The maximum absolute atomic E-state index is 12.9. The van der Waals surface area contributed by atoms with Crippen molar-refractivity contribution in [1.82, 2.24) is 14.8 Å². The van der Waals surface area contributed by atoms with Crippen LogP contribution in [-0.2, 0) is 0 Å². The lowest BCUT2D eigenvalue weighted by Crippen LogP contribution is -2.49. The van der Waals surface area contributed by atoms with Gasteiger partial charge < -0.3 is 19.4 Å². The zero-order valence-electron chi connectivity index (χ0n) is 18.8. The van der Waals surface area contributed by atoms with E-state index in [4.69, 9.17) is 9.72 Å². The van der Waals surface area contributed by atoms with Crippen LogP contribution in [0.3, 0.4) is 0 Å². The van der Waals surface area contributed by atoms with E-state index in [0.29, 0.717) is 11.6 Å². The van der Waals surface area contributed by atoms with E-state index in [2.05, 4.69) is 40.7 Å². The molecule has 2 aliphatic heterocycles. The van der Waals surface area contributed by atoms with Crippen LogP contribution in [0.25, 0.3) is 0 Å². The standard InChI is InChI=1S/C23H33N5O2S/c1-18(2)16-25-8-10-27(11-9-25)22(29)21-17-31-23(24-21)28-14-12-26(13-15-28)19-4-6-20(30-3)7-5-19/h4-7,17-18H,8-16H2,1-3H3. The normalized spacial score (nSPS) is 18.0. The molecule has 3 heterocycles. The summed E-state index contributed by atoms with van der Waals surface area (Å²) in [6, 6.07) is 8.22. The number of hydrogen-bond acceptors (Lipinski definition) is 7. The molecule has 31 heavy (non-hydrogen) atoms. The van der Waals surface area contributed by atoms with Crippen molar-refractivity contribution < 1.29 is 9.53 Å². The van der Waals surface area contributed by atoms with Crippen LogP contribution < -0.4 is 14.5 Å². The minimum atomic E-state index is 0.0727. The van der Waals surface area contributed by atoms with Crippen LogP contribution in [0.4, 0.5) is 10.8 Å². The Morgan fingerprint density at radius 1 is 1.00 bits per heavy atom. The summed E-state index contributed by atoms with van der Waals surface area (Å²) < 4.78 is 5.25. The highest BCUT2D eigenvalue weighted by Crippen LogP contribution is 2.25. The molecule has 7 nitrogen and oxygen atoms in total. The molecule has 2 fully saturated rings. The summed E-state index contributed by atoms with van der Waals surface area (Å²) in [4.78, 5) is 26.7. The fraction of sp³-hybridized carbons (Fsp3) is 0.565. The minimum Gasteiger partial charge on any atom is -0.497 e. The summed E-state index contributed by atoms with van der Waals surface area (Å²) in [5.41, 5.74) is 1.81. The molecule has 1 amide bonds. The third kappa shape index (κ3) is 5.30. The molecule has 0 saturated carbocycles. The number of piperazine rings is 2. The van der Waals surface area contributed by atoms with Crippen LogP contribution in [0.15, 0.2) is 29.6 Å². The van der Waals surface area contributed by atoms with E-state index in [9.17, 15) is 4.79 Å². The predicted molar refractivity (Wildman–Crippen MR) is 127 cm³/mol. The van der Waals surface area contributed by atoms with Gasteiger partial charge in [-0.05, 0) is 30.2 Å². The first-order valence-corrected chi connectivity index (χ1v) is 12.0. The lowest BCUT2D eigenvalue weighted by atomic mass is 10.2. The van der Waals surface area contributed by atoms with Crippen molar-refractivity contribution in [2.45, 2.75) is 13.8 Å². The van der Waals surface area contributed by atoms with Crippen LogP contribution in [0.1, 0.15) is 24.3 Å². The molecule has 1 aromatic heterocycles. The van der Waals surface area contributed by atoms with Crippen LogP contribution in [0.2, 0.25) is 0 Å². The van der Waals surface area contributed by atoms with Gasteiger partial charge in [-0.2, -0.15) is 0 Å². The Morgan fingerprint density at radius 2 is 1.65 bits per heavy atom. The number of methoxy groups -OCH3 is 1. The fourth-order valence-electron chi connectivity index (χ4n) is 4.27. The van der Waals surface area contributed by atoms with Gasteiger partial charge in [-0.1, -0.05) is 13.8 Å². The van der Waals surface area contributed by atoms with E-state index in [1.165, 1.54) is 5.69 Å². The van der Waals surface area contributed by atoms with Gasteiger partial charge in [0.25, 0.3) is 5.91 Å². The number of anilines is 2. The van der Waals surface area contributed by atoms with Crippen molar-refractivity contribution in [3.63, 3.8) is 0 Å². The van der Waals surface area contributed by atoms with Gasteiger partial charge in [0, 0.05) is 70.0 Å². The lowest BCUT2D eigenvalue weighted by molar-refractivity contribution is 0.0619. The molecule has 168 valence electrons. The van der Waals surface area contributed by atoms with Gasteiger partial charge in [0.1, 0.15) is 11.4 Å². The first-order valence-electron chi connectivity index (χ1n) is 11.1. The van der Waals surface area contributed by atoms with Crippen molar-refractivity contribution in [3.05, 3.63) is 35.3 Å². The minimum absolute atomic E-state index is 0.0727. The van der Waals surface area contributed by atoms with Gasteiger partial charge in [-0.3, -0.25) is 9.69 Å². The molecular formula is C23H33N5O2S. The van der Waals surface area contributed by atoms with Crippen molar-refractivity contribution >= 4 is 28.1 Å². The van der Waals surface area contributed by atoms with Crippen molar-refractivity contribution in [3.8, 4) is 5.75 Å². The first-order chi connectivity index (χ1) is 15.0. The quantitative estimate of drug-likeness (QED) is 0.684. The summed E-state index contributed by atoms with van der Waals surface area (Å²) in [6.45, 7) is 12.8. The Bertz CT molecular complexity index is 853. The number of thiazole rings is 1. The van der Waals surface area contributed by atoms with E-state index < -0.39 is 0 Å². The Labute approximate surface area is 189 Å². The highest BCUT2D eigenvalue weighted by molar-refractivity contribution is 7.13. The molecule has 0 aliphatic carbocycles. The first kappa shape index (κ1) is 21.9. The summed E-state index contributed by atoms with van der Waals surface area (Å²) in [5.74, 6) is 1.61. The number of nitrogens with zero attached hydrogens (tertiary/aromatic N) is 5. The molecule has 8 heteroatoms. The average Bonchev–Trinajstić information content (AvgIpc) is 3.29. The monoisotopic (exact) mass is 443 g/mol. The van der Waals surface area contributed by atoms with Crippen molar-refractivity contribution in [2.75, 3.05) is 75.8 Å². The number of benzene rings is 1. The molecule has 1 aromatic carbocycles. The molecule has 0 N–H and O–H groups in total. The Balaban J connectivity index is 1.29. The third-order valence-electron chi connectivity index (χ3n) is 5.98. The van der Waals surface area contributed by atoms with Crippen LogP contribution >= 0.6 is 11.3 Å². The second kappa shape index (κ2) is 9.87. The van der Waals surface area contributed by atoms with Crippen LogP contribution in [0.5, 0.6) is 5.75 Å². The number of amides is 1. The highest BCUT2D eigenvalue weighted by atomic mass is 32.1. The molecule has 2 aromatic rings. The molecule has 2 aliphatic rings. The number of aromatic nitrogens is 1. The Morgan fingerprint density at radius 3 is 2.26 bits per heavy atom. The molecule has 0 spiro atoms. The van der Waals surface area contributed by atoms with E-state index in [-0.39, 0.29) is 5.91 Å². The van der Waals surface area contributed by atoms with E-state index >= 15 is 0 Å². The summed E-state index contributed by atoms with van der Waals surface area (Å²) >= 11 is 1.58. The van der Waals surface area contributed by atoms with Gasteiger partial charge in [-0.25, -0.2) is 4.98 Å². The van der Waals surface area contributed by atoms with E-state index in [1.54, 1.807) is 18.4 Å². The van der Waals surface area contributed by atoms with Crippen molar-refractivity contribution in [1.29, 1.82) is 0 Å². The Kier molecular flexibility index (Phi) is 6.97. The van der Waals surface area contributed by atoms with Gasteiger partial charge in [0.05, 0.1) is 7.11 Å². The summed E-state index contributed by atoms with van der Waals surface area (Å²) in [5, 5.41) is 2.88. The Hall–Kier alpha value is -2.32. The maximum atomic E-state index is 12.9. The number of rotatable bonds is 6. The smallest absolute Gasteiger partial charge is 0.273 e. The van der Waals surface area contributed by atoms with E-state index in [1.807, 2.05) is 22.4 Å². The topological polar surface area (TPSA) is 52.2 Å². The van der Waals surface area contributed by atoms with Crippen molar-refractivity contribution in [2.24, 2.45) is 5.92 Å². The maximum Gasteiger partial charge on any atom is 0.273 e. The van der Waals surface area contributed by atoms with Gasteiger partial charge in [0.2, 0.25) is 0 Å². The molecule has 0 atom stereocenters. The lowest BCUT2D eigenvalue weighted by Gasteiger charge is -2.36. The zero-order valence-corrected chi connectivity index (χ0v) is 19.6. The van der Waals surface area contributed by atoms with Gasteiger partial charge in [0.15, 0.2) is 5.13 Å². The second-order valence-corrected chi connectivity index (χ2v) is 9.51. The largest absolute Gasteiger partial charge is 0.497 e. The van der Waals surface area contributed by atoms with Crippen LogP contribution in [-0.4, -0.2) is 86.7 Å². The zero-order chi connectivity index (χ0) is 21.8. The van der Waals surface area contributed by atoms with Gasteiger partial charge >= 0.3 is 0 Å². The predicted octanol–water partition coefficient (Wildman–Crippen LogP) is 2.89. The molecule has 0 radical (unpaired) electrons. The average molecular weight is 444 g/mol. The molecular weight excluding hydrogens is 410 g/mol. The number of carbonyl (C=O) groups is 1. The van der Waals surface area contributed by atoms with E-state index in [0.717, 1.165) is 69.8 Å². The number of carbonyl (C=O) groups excluding carboxylic acids is 1. The molecule has 0 bridgehead atoms. The molecule has 0 unspecified atom stereocenters. The second-order valence-electron chi connectivity index (χ2n) is 8.67. The highest BCUT2D eigenvalue weighted by Gasteiger charge is 2.26. The van der Waals surface area contributed by atoms with Crippen LogP contribution in [0, 0.1) is 5.92 Å². The number of ether oxygens (including phenoxy) is 1. The third-order valence-corrected chi connectivity index (χ3v) is 6.88.